The number of imidazole rings is 1. The van der Waals surface area contributed by atoms with Gasteiger partial charge in [-0.05, 0) is 4.92 Å². The van der Waals surface area contributed by atoms with Crippen molar-refractivity contribution in [1.82, 2.24) is 16.1 Å². The number of esters is 1. The molecule has 0 spiro atoms. The minimum absolute atomic E-state index is 0. The Kier molecular flexibility index (Phi) is 7.37. The maximum Gasteiger partial charge on any atom is 0.365 e. The third kappa shape index (κ3) is 5.63. The summed E-state index contributed by atoms with van der Waals surface area (Å²) >= 11 is 0. The second kappa shape index (κ2) is 7.52. The SMILES string of the molecule is COC(=O)c1nc[nH]c1[N+](=O)[O-].O=[N+]([O-])[O-].[NH4+]. The molecule has 0 bridgehead atoms. The molecule has 0 aliphatic carbocycles. The van der Waals surface area contributed by atoms with E-state index in [9.17, 15) is 14.9 Å². The van der Waals surface area contributed by atoms with Crippen LogP contribution in [0.4, 0.5) is 5.82 Å². The molecular formula is C5H9N5O7. The number of nitro groups is 1. The van der Waals surface area contributed by atoms with Crippen molar-refractivity contribution in [3.63, 3.8) is 0 Å². The molecule has 96 valence electrons. The molecule has 1 aromatic heterocycles. The summed E-state index contributed by atoms with van der Waals surface area (Å²) in [5.41, 5.74) is -0.317. The number of H-pyrrole nitrogens is 1. The zero-order chi connectivity index (χ0) is 12.7. The maximum atomic E-state index is 10.8. The molecule has 5 N–H and O–H groups in total. The van der Waals surface area contributed by atoms with Crippen LogP contribution in [0, 0.1) is 25.4 Å². The third-order valence-corrected chi connectivity index (χ3v) is 1.18. The summed E-state index contributed by atoms with van der Waals surface area (Å²) in [5.74, 6) is -1.29. The molecule has 0 aromatic carbocycles. The molecule has 1 rings (SSSR count). The second-order valence-corrected chi connectivity index (χ2v) is 2.07. The average Bonchev–Trinajstić information content (AvgIpc) is 2.64. The predicted molar refractivity (Wildman–Crippen MR) is 52.9 cm³/mol. The number of ether oxygens (including phenoxy) is 1. The van der Waals surface area contributed by atoms with E-state index in [0.717, 1.165) is 13.4 Å². The van der Waals surface area contributed by atoms with Crippen LogP contribution in [0.25, 0.3) is 0 Å². The van der Waals surface area contributed by atoms with Crippen LogP contribution in [0.5, 0.6) is 0 Å². The molecule has 0 atom stereocenters. The Morgan fingerprint density at radius 1 is 1.41 bits per heavy atom. The molecule has 1 heterocycles. The molecule has 0 saturated carbocycles. The highest BCUT2D eigenvalue weighted by molar-refractivity contribution is 5.90. The van der Waals surface area contributed by atoms with Gasteiger partial charge in [0, 0.05) is 0 Å². The first-order valence-corrected chi connectivity index (χ1v) is 3.47. The maximum absolute atomic E-state index is 10.8. The summed E-state index contributed by atoms with van der Waals surface area (Å²) < 4.78 is 4.26. The monoisotopic (exact) mass is 251 g/mol. The van der Waals surface area contributed by atoms with E-state index in [2.05, 4.69) is 14.7 Å². The molecule has 0 radical (unpaired) electrons. The van der Waals surface area contributed by atoms with Gasteiger partial charge < -0.3 is 36.3 Å². The van der Waals surface area contributed by atoms with Crippen molar-refractivity contribution in [3.05, 3.63) is 37.5 Å². The number of quaternary nitrogens is 1. The highest BCUT2D eigenvalue weighted by Gasteiger charge is 2.22. The highest BCUT2D eigenvalue weighted by atomic mass is 16.9. The van der Waals surface area contributed by atoms with E-state index in [1.165, 1.54) is 0 Å². The topological polar surface area (TPSA) is 201 Å². The summed E-state index contributed by atoms with van der Waals surface area (Å²) in [6, 6.07) is 0. The van der Waals surface area contributed by atoms with Gasteiger partial charge in [-0.2, -0.15) is 0 Å². The van der Waals surface area contributed by atoms with E-state index in [1.807, 2.05) is 0 Å². The Labute approximate surface area is 93.1 Å². The Hall–Kier alpha value is -2.76. The fourth-order valence-electron chi connectivity index (χ4n) is 0.673. The van der Waals surface area contributed by atoms with Crippen molar-refractivity contribution in [2.24, 2.45) is 0 Å². The largest absolute Gasteiger partial charge is 0.464 e. The van der Waals surface area contributed by atoms with E-state index < -0.39 is 21.8 Å². The summed E-state index contributed by atoms with van der Waals surface area (Å²) in [6.45, 7) is 0. The van der Waals surface area contributed by atoms with Crippen molar-refractivity contribution in [1.29, 1.82) is 0 Å². The standard InChI is InChI=1S/C5H5N3O4.NO3.H3N/c1-12-5(9)3-4(8(10)11)7-2-6-3;2-1(3)4;/h2H,1H3,(H,6,7);;1H3/q;-1;/p+1. The smallest absolute Gasteiger partial charge is 0.365 e. The van der Waals surface area contributed by atoms with Crippen molar-refractivity contribution in [3.8, 4) is 0 Å². The van der Waals surface area contributed by atoms with Gasteiger partial charge in [0.1, 0.15) is 0 Å². The number of nitrogens with one attached hydrogen (secondary N) is 1. The number of carbonyl (C=O) groups excluding carboxylic acids is 1. The first-order chi connectivity index (χ1) is 7.40. The molecule has 12 heteroatoms. The van der Waals surface area contributed by atoms with Crippen molar-refractivity contribution in [2.45, 2.75) is 0 Å². The number of hydrogen-bond acceptors (Lipinski definition) is 8. The number of aromatic amines is 1. The quantitative estimate of drug-likeness (QED) is 0.422. The zero-order valence-corrected chi connectivity index (χ0v) is 8.78. The molecule has 0 aliphatic rings. The Morgan fingerprint density at radius 2 is 1.88 bits per heavy atom. The molecule has 0 saturated heterocycles. The average molecular weight is 251 g/mol. The van der Waals surface area contributed by atoms with Gasteiger partial charge in [-0.1, -0.05) is 0 Å². The van der Waals surface area contributed by atoms with Crippen molar-refractivity contribution in [2.75, 3.05) is 7.11 Å². The summed E-state index contributed by atoms with van der Waals surface area (Å²) in [6.07, 6.45) is 1.06. The van der Waals surface area contributed by atoms with Crippen LogP contribution in [0.15, 0.2) is 6.33 Å². The van der Waals surface area contributed by atoms with Gasteiger partial charge in [-0.25, -0.2) is 14.8 Å². The predicted octanol–water partition coefficient (Wildman–Crippen LogP) is 0.242. The molecule has 12 nitrogen and oxygen atoms in total. The van der Waals surface area contributed by atoms with Gasteiger partial charge in [0.05, 0.1) is 12.2 Å². The van der Waals surface area contributed by atoms with Crippen LogP contribution in [-0.4, -0.2) is 33.1 Å². The Balaban J connectivity index is 0. The minimum atomic E-state index is -1.75. The van der Waals surface area contributed by atoms with Crippen LogP contribution in [-0.2, 0) is 4.74 Å². The van der Waals surface area contributed by atoms with Gasteiger partial charge in [-0.3, -0.25) is 0 Å². The van der Waals surface area contributed by atoms with E-state index in [0.29, 0.717) is 0 Å². The number of nitrogens with zero attached hydrogens (tertiary/aromatic N) is 3. The summed E-state index contributed by atoms with van der Waals surface area (Å²) in [7, 11) is 1.13. The molecule has 17 heavy (non-hydrogen) atoms. The van der Waals surface area contributed by atoms with Gasteiger partial charge in [0.25, 0.3) is 0 Å². The van der Waals surface area contributed by atoms with Crippen LogP contribution in [0.3, 0.4) is 0 Å². The van der Waals surface area contributed by atoms with Crippen LogP contribution in [0.2, 0.25) is 0 Å². The number of aromatic nitrogens is 2. The van der Waals surface area contributed by atoms with Gasteiger partial charge >= 0.3 is 11.8 Å². The van der Waals surface area contributed by atoms with Gasteiger partial charge in [0.2, 0.25) is 5.69 Å². The normalized spacial score (nSPS) is 8.06. The summed E-state index contributed by atoms with van der Waals surface area (Å²) in [4.78, 5) is 34.2. The number of carbonyl (C=O) groups is 1. The fourth-order valence-corrected chi connectivity index (χ4v) is 0.673. The first-order valence-electron chi connectivity index (χ1n) is 3.47. The lowest BCUT2D eigenvalue weighted by atomic mass is 10.4. The number of rotatable bonds is 2. The van der Waals surface area contributed by atoms with Crippen molar-refractivity contribution < 1.29 is 19.5 Å². The van der Waals surface area contributed by atoms with Crippen LogP contribution >= 0.6 is 0 Å². The van der Waals surface area contributed by atoms with Gasteiger partial charge in [0.15, 0.2) is 6.33 Å². The zero-order valence-electron chi connectivity index (χ0n) is 8.78. The van der Waals surface area contributed by atoms with Crippen LogP contribution < -0.4 is 6.15 Å². The van der Waals surface area contributed by atoms with Crippen molar-refractivity contribution >= 4 is 11.8 Å². The number of methoxy groups -OCH3 is 1. The van der Waals surface area contributed by atoms with E-state index >= 15 is 0 Å². The first kappa shape index (κ1) is 16.7. The van der Waals surface area contributed by atoms with E-state index in [4.69, 9.17) is 15.3 Å². The molecule has 0 amide bonds. The second-order valence-electron chi connectivity index (χ2n) is 2.07. The molecule has 0 aliphatic heterocycles. The van der Waals surface area contributed by atoms with E-state index in [1.54, 1.807) is 0 Å². The third-order valence-electron chi connectivity index (χ3n) is 1.18. The number of hydrogen-bond donors (Lipinski definition) is 2. The molecule has 0 fully saturated rings. The Morgan fingerprint density at radius 3 is 2.24 bits per heavy atom. The lowest BCUT2D eigenvalue weighted by molar-refractivity contribution is -0.402. The van der Waals surface area contributed by atoms with Gasteiger partial charge in [-0.15, -0.1) is 0 Å². The molecule has 0 unspecified atom stereocenters. The Bertz CT molecular complexity index is 397. The van der Waals surface area contributed by atoms with Crippen LogP contribution in [0.1, 0.15) is 10.5 Å². The highest BCUT2D eigenvalue weighted by Crippen LogP contribution is 2.12. The molecule has 1 aromatic rings. The fraction of sp³-hybridized carbons (Fsp3) is 0.200. The summed E-state index contributed by atoms with van der Waals surface area (Å²) in [5, 5.41) is 25.0. The molecular weight excluding hydrogens is 242 g/mol. The lowest BCUT2D eigenvalue weighted by Crippen LogP contribution is -2.05. The minimum Gasteiger partial charge on any atom is -0.464 e. The van der Waals surface area contributed by atoms with E-state index in [-0.39, 0.29) is 11.8 Å². The lowest BCUT2D eigenvalue weighted by Gasteiger charge is -1.93.